The Kier molecular flexibility index (Phi) is 0.943. The minimum Gasteiger partial charge on any atom is -0.277 e. The van der Waals surface area contributed by atoms with Crippen molar-refractivity contribution in [1.29, 1.82) is 0 Å². The monoisotopic (exact) mass is 136 g/mol. The first-order valence-corrected chi connectivity index (χ1v) is 2.74. The Hall–Kier alpha value is -1.45. The topological polar surface area (TPSA) is 30.2 Å². The van der Waals surface area contributed by atoms with Crippen molar-refractivity contribution in [1.82, 2.24) is 14.6 Å². The SMILES string of the molecule is Fc1ccc2nn[c]n2c1. The summed E-state index contributed by atoms with van der Waals surface area (Å²) < 4.78 is 13.8. The molecular weight excluding hydrogens is 133 g/mol. The van der Waals surface area contributed by atoms with Crippen LogP contribution in [0.2, 0.25) is 0 Å². The first-order chi connectivity index (χ1) is 4.86. The van der Waals surface area contributed by atoms with Gasteiger partial charge in [-0.1, -0.05) is 0 Å². The smallest absolute Gasteiger partial charge is 0.206 e. The van der Waals surface area contributed by atoms with Gasteiger partial charge in [0.15, 0.2) is 5.65 Å². The number of aromatic nitrogens is 3. The molecule has 49 valence electrons. The third-order valence-electron chi connectivity index (χ3n) is 1.20. The maximum Gasteiger partial charge on any atom is 0.206 e. The lowest BCUT2D eigenvalue weighted by Crippen LogP contribution is -1.83. The third-order valence-corrected chi connectivity index (χ3v) is 1.20. The molecular formula is C6H3FN3. The summed E-state index contributed by atoms with van der Waals surface area (Å²) in [5, 5.41) is 7.11. The van der Waals surface area contributed by atoms with Gasteiger partial charge < -0.3 is 0 Å². The quantitative estimate of drug-likeness (QED) is 0.532. The van der Waals surface area contributed by atoms with Gasteiger partial charge in [-0.2, -0.15) is 0 Å². The van der Waals surface area contributed by atoms with E-state index in [1.165, 1.54) is 16.7 Å². The fourth-order valence-corrected chi connectivity index (χ4v) is 0.750. The van der Waals surface area contributed by atoms with Gasteiger partial charge in [0.05, 0.1) is 0 Å². The van der Waals surface area contributed by atoms with Crippen LogP contribution in [0.4, 0.5) is 4.39 Å². The molecule has 1 radical (unpaired) electrons. The lowest BCUT2D eigenvalue weighted by molar-refractivity contribution is 0.619. The fraction of sp³-hybridized carbons (Fsp3) is 0. The van der Waals surface area contributed by atoms with Crippen molar-refractivity contribution in [3.05, 3.63) is 30.5 Å². The maximum absolute atomic E-state index is 12.4. The van der Waals surface area contributed by atoms with E-state index in [2.05, 4.69) is 16.5 Å². The number of pyridine rings is 1. The van der Waals surface area contributed by atoms with Crippen LogP contribution in [0.25, 0.3) is 5.65 Å². The lowest BCUT2D eigenvalue weighted by Gasteiger charge is -1.88. The van der Waals surface area contributed by atoms with Crippen molar-refractivity contribution in [3.63, 3.8) is 0 Å². The standard InChI is InChI=1S/C6H3FN3/c7-5-1-2-6-9-8-4-10(6)3-5/h1-3H. The molecule has 4 heteroatoms. The molecule has 2 aromatic rings. The van der Waals surface area contributed by atoms with E-state index in [4.69, 9.17) is 0 Å². The van der Waals surface area contributed by atoms with Crippen molar-refractivity contribution in [2.24, 2.45) is 0 Å². The van der Waals surface area contributed by atoms with Gasteiger partial charge in [0.2, 0.25) is 6.33 Å². The molecule has 0 amide bonds. The zero-order valence-electron chi connectivity index (χ0n) is 4.95. The van der Waals surface area contributed by atoms with Gasteiger partial charge in [0.25, 0.3) is 0 Å². The number of nitrogens with zero attached hydrogens (tertiary/aromatic N) is 3. The second kappa shape index (κ2) is 1.76. The van der Waals surface area contributed by atoms with E-state index >= 15 is 0 Å². The maximum atomic E-state index is 12.4. The summed E-state index contributed by atoms with van der Waals surface area (Å²) in [5.41, 5.74) is 0.599. The van der Waals surface area contributed by atoms with E-state index < -0.39 is 0 Å². The molecule has 0 unspecified atom stereocenters. The van der Waals surface area contributed by atoms with Crippen LogP contribution >= 0.6 is 0 Å². The van der Waals surface area contributed by atoms with Gasteiger partial charge in [0, 0.05) is 6.20 Å². The van der Waals surface area contributed by atoms with E-state index in [9.17, 15) is 4.39 Å². The normalized spacial score (nSPS) is 10.5. The molecule has 2 aromatic heterocycles. The van der Waals surface area contributed by atoms with Gasteiger partial charge in [-0.15, -0.1) is 10.2 Å². The molecule has 0 aliphatic rings. The molecule has 0 aromatic carbocycles. The second-order valence-corrected chi connectivity index (χ2v) is 1.88. The zero-order chi connectivity index (χ0) is 6.97. The van der Waals surface area contributed by atoms with Crippen LogP contribution in [0.1, 0.15) is 0 Å². The highest BCUT2D eigenvalue weighted by Gasteiger charge is 1.94. The third kappa shape index (κ3) is 0.655. The van der Waals surface area contributed by atoms with Crippen LogP contribution in [0, 0.1) is 12.1 Å². The molecule has 0 saturated heterocycles. The number of halogens is 1. The van der Waals surface area contributed by atoms with E-state index in [1.54, 1.807) is 6.07 Å². The molecule has 0 bridgehead atoms. The van der Waals surface area contributed by atoms with E-state index in [-0.39, 0.29) is 5.82 Å². The molecule has 3 nitrogen and oxygen atoms in total. The van der Waals surface area contributed by atoms with Crippen molar-refractivity contribution in [2.45, 2.75) is 0 Å². The highest BCUT2D eigenvalue weighted by Crippen LogP contribution is 1.99. The van der Waals surface area contributed by atoms with Crippen LogP contribution < -0.4 is 0 Å². The van der Waals surface area contributed by atoms with Gasteiger partial charge >= 0.3 is 0 Å². The second-order valence-electron chi connectivity index (χ2n) is 1.88. The Morgan fingerprint density at radius 1 is 1.50 bits per heavy atom. The first kappa shape index (κ1) is 5.34. The summed E-state index contributed by atoms with van der Waals surface area (Å²) in [5.74, 6) is -0.316. The van der Waals surface area contributed by atoms with Gasteiger partial charge in [0.1, 0.15) is 5.82 Å². The van der Waals surface area contributed by atoms with Crippen molar-refractivity contribution in [3.8, 4) is 0 Å². The van der Waals surface area contributed by atoms with Crippen LogP contribution in [0.15, 0.2) is 18.3 Å². The van der Waals surface area contributed by atoms with E-state index in [1.807, 2.05) is 0 Å². The van der Waals surface area contributed by atoms with Crippen LogP contribution in [0.3, 0.4) is 0 Å². The van der Waals surface area contributed by atoms with E-state index in [0.29, 0.717) is 5.65 Å². The molecule has 0 spiro atoms. The Labute approximate surface area is 56.1 Å². The molecule has 0 atom stereocenters. The largest absolute Gasteiger partial charge is 0.277 e. The van der Waals surface area contributed by atoms with Crippen molar-refractivity contribution in [2.75, 3.05) is 0 Å². The predicted molar refractivity (Wildman–Crippen MR) is 31.8 cm³/mol. The highest BCUT2D eigenvalue weighted by molar-refractivity contribution is 5.35. The predicted octanol–water partition coefficient (Wildman–Crippen LogP) is 0.669. The van der Waals surface area contributed by atoms with Crippen molar-refractivity contribution >= 4 is 5.65 Å². The molecule has 0 saturated carbocycles. The van der Waals surface area contributed by atoms with E-state index in [0.717, 1.165) is 0 Å². The molecule has 2 rings (SSSR count). The number of hydrogen-bond donors (Lipinski definition) is 0. The van der Waals surface area contributed by atoms with Crippen molar-refractivity contribution < 1.29 is 4.39 Å². The number of rotatable bonds is 0. The first-order valence-electron chi connectivity index (χ1n) is 2.74. The molecule has 10 heavy (non-hydrogen) atoms. The summed E-state index contributed by atoms with van der Waals surface area (Å²) >= 11 is 0. The summed E-state index contributed by atoms with van der Waals surface area (Å²) in [6.07, 6.45) is 3.75. The summed E-state index contributed by atoms with van der Waals surface area (Å²) in [6, 6.07) is 2.87. The average molecular weight is 136 g/mol. The molecule has 0 aliphatic carbocycles. The Morgan fingerprint density at radius 3 is 3.30 bits per heavy atom. The number of hydrogen-bond acceptors (Lipinski definition) is 2. The number of fused-ring (bicyclic) bond motifs is 1. The van der Waals surface area contributed by atoms with Crippen LogP contribution in [0.5, 0.6) is 0 Å². The Balaban J connectivity index is 2.86. The summed E-state index contributed by atoms with van der Waals surface area (Å²) in [4.78, 5) is 0. The molecule has 2 heterocycles. The summed E-state index contributed by atoms with van der Waals surface area (Å²) in [7, 11) is 0. The minimum atomic E-state index is -0.316. The molecule has 0 aliphatic heterocycles. The van der Waals surface area contributed by atoms with Crippen LogP contribution in [-0.2, 0) is 0 Å². The molecule has 0 N–H and O–H groups in total. The fourth-order valence-electron chi connectivity index (χ4n) is 0.750. The highest BCUT2D eigenvalue weighted by atomic mass is 19.1. The Bertz CT molecular complexity index is 355. The Morgan fingerprint density at radius 2 is 2.40 bits per heavy atom. The minimum absolute atomic E-state index is 0.316. The van der Waals surface area contributed by atoms with Gasteiger partial charge in [-0.05, 0) is 12.1 Å². The molecule has 0 fully saturated rings. The van der Waals surface area contributed by atoms with Gasteiger partial charge in [-0.3, -0.25) is 4.40 Å². The lowest BCUT2D eigenvalue weighted by atomic mass is 10.5. The zero-order valence-corrected chi connectivity index (χ0v) is 4.95. The summed E-state index contributed by atoms with van der Waals surface area (Å²) in [6.45, 7) is 0. The van der Waals surface area contributed by atoms with Crippen LogP contribution in [-0.4, -0.2) is 14.6 Å². The van der Waals surface area contributed by atoms with Gasteiger partial charge in [-0.25, -0.2) is 4.39 Å². The average Bonchev–Trinajstić information content (AvgIpc) is 2.33.